The summed E-state index contributed by atoms with van der Waals surface area (Å²) in [6, 6.07) is 46.3. The molecule has 4 heteroatoms. The maximum atomic E-state index is 5.12. The Bertz CT molecular complexity index is 2730. The summed E-state index contributed by atoms with van der Waals surface area (Å²) in [5.41, 5.74) is 18.6. The number of benzene rings is 5. The van der Waals surface area contributed by atoms with E-state index in [1.54, 1.807) is 5.19 Å². The molecule has 3 nitrogen and oxygen atoms in total. The van der Waals surface area contributed by atoms with Gasteiger partial charge in [0.25, 0.3) is 5.82 Å². The first-order valence-electron chi connectivity index (χ1n) is 22.5. The molecule has 7 aromatic rings. The molecule has 0 bridgehead atoms. The Kier molecular flexibility index (Phi) is 10.4. The number of hydrogen-bond donors (Lipinski definition) is 0. The number of aromatic nitrogens is 3. The third-order valence-electron chi connectivity index (χ3n) is 13.4. The van der Waals surface area contributed by atoms with Crippen molar-refractivity contribution in [3.63, 3.8) is 0 Å². The Labute approximate surface area is 360 Å². The standard InChI is InChI=1S/C56H63N3Si/c1-36(2)30-43-34-53-46-25-17-16-24-45(46)47-29-28-41-22-14-15-23-44(41)56-58(39(7)31-52(47)57(53)35-54(43)60(8,9)10)50-26-18-19-27-51(50)59(56)55-48(37(3)4)32-42(33-49(55)38(5)6)40-20-12-11-13-21-40/h11-27,32-38,47,52H,7,28-31H2,1-6,8-10H3/q+2. The number of pyridine rings is 1. The van der Waals surface area contributed by atoms with Gasteiger partial charge >= 0.3 is 0 Å². The molecule has 2 unspecified atom stereocenters. The fraction of sp³-hybridized carbons (Fsp3) is 0.321. The molecule has 2 atom stereocenters. The fourth-order valence-electron chi connectivity index (χ4n) is 10.6. The number of para-hydroxylation sites is 2. The second kappa shape index (κ2) is 15.6. The number of nitrogens with zero attached hydrogens (tertiary/aromatic N) is 3. The van der Waals surface area contributed by atoms with Crippen LogP contribution in [0.4, 0.5) is 0 Å². The van der Waals surface area contributed by atoms with Gasteiger partial charge in [0.1, 0.15) is 11.4 Å². The minimum absolute atomic E-state index is 0.223. The lowest BCUT2D eigenvalue weighted by Gasteiger charge is -2.33. The second-order valence-electron chi connectivity index (χ2n) is 19.7. The van der Waals surface area contributed by atoms with Gasteiger partial charge in [0, 0.05) is 33.9 Å². The van der Waals surface area contributed by atoms with Crippen molar-refractivity contribution in [2.45, 2.75) is 111 Å². The van der Waals surface area contributed by atoms with Crippen LogP contribution in [0.5, 0.6) is 0 Å². The molecule has 0 fully saturated rings. The Morgan fingerprint density at radius 2 is 1.35 bits per heavy atom. The lowest BCUT2D eigenvalue weighted by Crippen LogP contribution is -2.54. The molecule has 0 spiro atoms. The normalized spacial score (nSPS) is 16.4. The summed E-state index contributed by atoms with van der Waals surface area (Å²) in [6.07, 6.45) is 6.62. The topological polar surface area (TPSA) is 12.7 Å². The van der Waals surface area contributed by atoms with Gasteiger partial charge < -0.3 is 0 Å². The van der Waals surface area contributed by atoms with Crippen LogP contribution in [0.2, 0.25) is 19.6 Å². The van der Waals surface area contributed by atoms with Crippen molar-refractivity contribution in [1.29, 1.82) is 0 Å². The Hall–Kier alpha value is -5.32. The third-order valence-corrected chi connectivity index (χ3v) is 15.4. The van der Waals surface area contributed by atoms with Gasteiger partial charge in [-0.15, -0.1) is 0 Å². The molecule has 0 N–H and O–H groups in total. The second-order valence-corrected chi connectivity index (χ2v) is 24.8. The van der Waals surface area contributed by atoms with E-state index in [0.717, 1.165) is 31.4 Å². The summed E-state index contributed by atoms with van der Waals surface area (Å²) >= 11 is 0. The van der Waals surface area contributed by atoms with Crippen LogP contribution in [-0.2, 0) is 12.8 Å². The van der Waals surface area contributed by atoms with Gasteiger partial charge in [-0.05, 0) is 101 Å². The van der Waals surface area contributed by atoms with Crippen molar-refractivity contribution in [1.82, 2.24) is 4.57 Å². The zero-order valence-corrected chi connectivity index (χ0v) is 38.4. The van der Waals surface area contributed by atoms with E-state index < -0.39 is 8.07 Å². The molecular weight excluding hydrogens is 743 g/mol. The van der Waals surface area contributed by atoms with Crippen molar-refractivity contribution in [3.8, 4) is 39.5 Å². The van der Waals surface area contributed by atoms with Crippen molar-refractivity contribution < 1.29 is 9.13 Å². The van der Waals surface area contributed by atoms with E-state index in [4.69, 9.17) is 6.58 Å². The van der Waals surface area contributed by atoms with Crippen LogP contribution < -0.4 is 14.3 Å². The lowest BCUT2D eigenvalue weighted by molar-refractivity contribution is -0.719. The van der Waals surface area contributed by atoms with Crippen LogP contribution in [-0.4, -0.2) is 12.6 Å². The number of fused-ring (bicyclic) bond motifs is 11. The van der Waals surface area contributed by atoms with Crippen molar-refractivity contribution in [2.24, 2.45) is 5.92 Å². The van der Waals surface area contributed by atoms with Crippen LogP contribution in [0.1, 0.15) is 106 Å². The fourth-order valence-corrected chi connectivity index (χ4v) is 12.3. The smallest absolute Gasteiger partial charge is 0.195 e. The maximum absolute atomic E-state index is 5.12. The summed E-state index contributed by atoms with van der Waals surface area (Å²) in [6.45, 7) is 26.9. The predicted octanol–water partition coefficient (Wildman–Crippen LogP) is 13.3. The van der Waals surface area contributed by atoms with E-state index in [9.17, 15) is 0 Å². The maximum Gasteiger partial charge on any atom is 0.300 e. The minimum Gasteiger partial charge on any atom is -0.195 e. The first kappa shape index (κ1) is 40.1. The molecule has 304 valence electrons. The van der Waals surface area contributed by atoms with Gasteiger partial charge in [0.05, 0.1) is 20.1 Å². The molecule has 0 aliphatic carbocycles. The molecule has 5 aromatic carbocycles. The summed E-state index contributed by atoms with van der Waals surface area (Å²) in [4.78, 5) is 0. The number of allylic oxidation sites excluding steroid dienone is 1. The van der Waals surface area contributed by atoms with E-state index in [2.05, 4.69) is 202 Å². The molecule has 4 heterocycles. The number of aryl methyl sites for hydroxylation is 1. The highest BCUT2D eigenvalue weighted by Gasteiger charge is 2.45. The molecule has 9 rings (SSSR count). The summed E-state index contributed by atoms with van der Waals surface area (Å²) in [7, 11) is -1.69. The number of imidazole rings is 1. The van der Waals surface area contributed by atoms with E-state index >= 15 is 0 Å². The summed E-state index contributed by atoms with van der Waals surface area (Å²) in [5.74, 6) is 2.76. The zero-order chi connectivity index (χ0) is 42.0. The monoisotopic (exact) mass is 805 g/mol. The minimum atomic E-state index is -1.69. The van der Waals surface area contributed by atoms with Crippen molar-refractivity contribution >= 4 is 30.0 Å². The molecule has 2 aromatic heterocycles. The Morgan fingerprint density at radius 3 is 2.03 bits per heavy atom. The van der Waals surface area contributed by atoms with Crippen LogP contribution in [0, 0.1) is 5.92 Å². The van der Waals surface area contributed by atoms with E-state index in [0.29, 0.717) is 23.7 Å². The molecule has 0 amide bonds. The Balaban J connectivity index is 1.33. The van der Waals surface area contributed by atoms with Crippen LogP contribution in [0.3, 0.4) is 0 Å². The average Bonchev–Trinajstić information content (AvgIpc) is 3.57. The lowest BCUT2D eigenvalue weighted by atomic mass is 9.77. The average molecular weight is 806 g/mol. The number of rotatable bonds is 7. The quantitative estimate of drug-likeness (QED) is 0.112. The molecule has 0 saturated heterocycles. The van der Waals surface area contributed by atoms with Crippen molar-refractivity contribution in [2.75, 3.05) is 0 Å². The van der Waals surface area contributed by atoms with Gasteiger partial charge in [-0.3, -0.25) is 0 Å². The van der Waals surface area contributed by atoms with E-state index in [1.165, 1.54) is 78.3 Å². The van der Waals surface area contributed by atoms with Gasteiger partial charge in [-0.25, -0.2) is 0 Å². The highest BCUT2D eigenvalue weighted by atomic mass is 28.3. The SMILES string of the molecule is C=C1CC2C(CCc3ccccc3-c3n(-c4c(C(C)C)cc(-c5ccccc5)cc4C(C)C)c4ccccc4[n+]31)c1ccccc1-c1cc(CC(C)C)c([Si](C)(C)C)c[n+]12. The largest absolute Gasteiger partial charge is 0.300 e. The van der Waals surface area contributed by atoms with Gasteiger partial charge in [-0.2, -0.15) is 13.7 Å². The first-order valence-corrected chi connectivity index (χ1v) is 26.0. The van der Waals surface area contributed by atoms with Crippen LogP contribution in [0.15, 0.2) is 134 Å². The Morgan fingerprint density at radius 1 is 0.717 bits per heavy atom. The molecule has 0 saturated carbocycles. The predicted molar refractivity (Wildman–Crippen MR) is 256 cm³/mol. The van der Waals surface area contributed by atoms with Crippen LogP contribution >= 0.6 is 0 Å². The van der Waals surface area contributed by atoms with Gasteiger partial charge in [-0.1, -0.05) is 147 Å². The number of hydrogen-bond acceptors (Lipinski definition) is 0. The van der Waals surface area contributed by atoms with Crippen molar-refractivity contribution in [3.05, 3.63) is 162 Å². The third kappa shape index (κ3) is 6.91. The highest BCUT2D eigenvalue weighted by molar-refractivity contribution is 6.89. The molecule has 60 heavy (non-hydrogen) atoms. The summed E-state index contributed by atoms with van der Waals surface area (Å²) < 4.78 is 7.92. The van der Waals surface area contributed by atoms with Gasteiger partial charge in [0.15, 0.2) is 23.3 Å². The zero-order valence-electron chi connectivity index (χ0n) is 37.4. The molecule has 0 radical (unpaired) electrons. The van der Waals surface area contributed by atoms with Gasteiger partial charge in [0.2, 0.25) is 5.69 Å². The highest BCUT2D eigenvalue weighted by Crippen LogP contribution is 2.46. The summed E-state index contributed by atoms with van der Waals surface area (Å²) in [5, 5.41) is 1.59. The van der Waals surface area contributed by atoms with E-state index in [1.807, 2.05) is 0 Å². The molecular formula is C56H63N3Si+2. The molecule has 2 aliphatic heterocycles. The van der Waals surface area contributed by atoms with E-state index in [-0.39, 0.29) is 6.04 Å². The van der Waals surface area contributed by atoms with Crippen LogP contribution in [0.25, 0.3) is 56.2 Å². The molecule has 2 aliphatic rings. The first-order chi connectivity index (χ1) is 28.8.